The molecule has 10 atom stereocenters. The Morgan fingerprint density at radius 3 is 2.18 bits per heavy atom. The molecule has 0 saturated carbocycles. The SMILES string of the molecule is CC(=O)C1=CN([C@@H]2O[C@H](COP(=O)(O)OP(=O)(O)OC[C@H]3O[C@@H](n4cnc5c(N)ncnc54)[C@@H](O)C3O)C(O)[C@@H]2O)C=CC1. The molecule has 20 nitrogen and oxygen atoms in total. The number of nitrogens with zero attached hydrogens (tertiary/aromatic N) is 5. The lowest BCUT2D eigenvalue weighted by Crippen LogP contribution is -2.40. The summed E-state index contributed by atoms with van der Waals surface area (Å²) in [6, 6.07) is 0. The van der Waals surface area contributed by atoms with E-state index in [0.29, 0.717) is 12.0 Å². The topological polar surface area (TPSA) is 292 Å². The van der Waals surface area contributed by atoms with E-state index in [1.807, 2.05) is 0 Å². The van der Waals surface area contributed by atoms with Crippen molar-refractivity contribution in [3.05, 3.63) is 36.7 Å². The summed E-state index contributed by atoms with van der Waals surface area (Å²) in [6.45, 7) is -0.389. The van der Waals surface area contributed by atoms with E-state index in [0.717, 1.165) is 6.33 Å². The van der Waals surface area contributed by atoms with Gasteiger partial charge in [-0.05, 0) is 13.3 Å². The number of imidazole rings is 1. The van der Waals surface area contributed by atoms with Gasteiger partial charge >= 0.3 is 15.6 Å². The van der Waals surface area contributed by atoms with Gasteiger partial charge in [-0.3, -0.25) is 18.4 Å². The Morgan fingerprint density at radius 2 is 1.57 bits per heavy atom. The average Bonchev–Trinajstić information content (AvgIpc) is 3.61. The summed E-state index contributed by atoms with van der Waals surface area (Å²) in [5, 5.41) is 41.7. The first-order valence-corrected chi connectivity index (χ1v) is 15.9. The molecule has 0 bridgehead atoms. The lowest BCUT2D eigenvalue weighted by atomic mass is 10.1. The van der Waals surface area contributed by atoms with Gasteiger partial charge in [0.15, 0.2) is 29.7 Å². The van der Waals surface area contributed by atoms with Crippen molar-refractivity contribution < 1.29 is 67.0 Å². The number of phosphoric acid groups is 2. The number of aromatic nitrogens is 4. The van der Waals surface area contributed by atoms with Gasteiger partial charge in [-0.2, -0.15) is 4.31 Å². The fraction of sp³-hybridized carbons (Fsp3) is 0.545. The predicted octanol–water partition coefficient (Wildman–Crippen LogP) is -1.58. The molecule has 22 heteroatoms. The molecule has 5 rings (SSSR count). The van der Waals surface area contributed by atoms with Crippen LogP contribution in [0, 0.1) is 0 Å². The van der Waals surface area contributed by atoms with Gasteiger partial charge in [0.2, 0.25) is 0 Å². The standard InChI is InChI=1S/C22H30N6O14P2/c1-10(29)11-3-2-4-27(5-11)21-17(32)15(30)12(40-21)6-38-43(34,35)42-44(36,37)39-7-13-16(31)18(33)22(41-13)28-9-26-14-19(23)24-8-25-20(14)28/h2,4-5,8-9,12-13,15-18,21-22,30-33H,3,6-7H2,1H3,(H,34,35)(H,36,37)(H2,23,24,25)/t12-,13-,15?,16?,17+,18+,21-,22-/m1/s1. The molecular formula is C22H30N6O14P2. The lowest BCUT2D eigenvalue weighted by molar-refractivity contribution is -0.114. The highest BCUT2D eigenvalue weighted by Crippen LogP contribution is 2.60. The molecule has 242 valence electrons. The zero-order chi connectivity index (χ0) is 32.0. The zero-order valence-electron chi connectivity index (χ0n) is 22.8. The highest BCUT2D eigenvalue weighted by Gasteiger charge is 2.48. The molecule has 0 radical (unpaired) electrons. The molecule has 2 fully saturated rings. The van der Waals surface area contributed by atoms with Crippen LogP contribution in [0.1, 0.15) is 19.6 Å². The second-order valence-corrected chi connectivity index (χ2v) is 13.1. The number of Topliss-reactive ketones (excluding diaryl/α,β-unsaturated/α-hetero) is 1. The van der Waals surface area contributed by atoms with E-state index in [1.165, 1.54) is 35.1 Å². The van der Waals surface area contributed by atoms with Crippen LogP contribution in [-0.4, -0.2) is 116 Å². The first-order valence-electron chi connectivity index (χ1n) is 13.0. The molecule has 3 aliphatic rings. The number of hydrogen-bond donors (Lipinski definition) is 7. The number of carbonyl (C=O) groups excluding carboxylic acids is 1. The third kappa shape index (κ3) is 6.77. The van der Waals surface area contributed by atoms with Crippen molar-refractivity contribution >= 4 is 38.4 Å². The predicted molar refractivity (Wildman–Crippen MR) is 143 cm³/mol. The number of allylic oxidation sites excluding steroid dienone is 2. The zero-order valence-corrected chi connectivity index (χ0v) is 24.6. The van der Waals surface area contributed by atoms with E-state index < -0.39 is 77.9 Å². The fourth-order valence-corrected chi connectivity index (χ4v) is 6.84. The number of nitrogens with two attached hydrogens (primary N) is 1. The van der Waals surface area contributed by atoms with Crippen LogP contribution in [0.25, 0.3) is 11.2 Å². The van der Waals surface area contributed by atoms with Gasteiger partial charge in [0.25, 0.3) is 0 Å². The number of anilines is 1. The Labute approximate surface area is 248 Å². The minimum Gasteiger partial charge on any atom is -0.387 e. The molecule has 4 unspecified atom stereocenters. The molecule has 2 aromatic heterocycles. The minimum absolute atomic E-state index is 0.0558. The maximum absolute atomic E-state index is 12.4. The molecule has 8 N–H and O–H groups in total. The van der Waals surface area contributed by atoms with Crippen molar-refractivity contribution in [3.63, 3.8) is 0 Å². The van der Waals surface area contributed by atoms with Crippen molar-refractivity contribution in [2.45, 2.75) is 62.4 Å². The number of fused-ring (bicyclic) bond motifs is 1. The van der Waals surface area contributed by atoms with Crippen LogP contribution >= 0.6 is 15.6 Å². The number of aliphatic hydroxyl groups is 4. The number of nitrogen functional groups attached to an aromatic ring is 1. The number of ether oxygens (including phenoxy) is 2. The van der Waals surface area contributed by atoms with Gasteiger partial charge in [-0.15, -0.1) is 0 Å². The number of hydrogen-bond acceptors (Lipinski definition) is 17. The Kier molecular flexibility index (Phi) is 9.37. The summed E-state index contributed by atoms with van der Waals surface area (Å²) < 4.78 is 50.9. The van der Waals surface area contributed by atoms with Gasteiger partial charge in [0.1, 0.15) is 48.5 Å². The van der Waals surface area contributed by atoms with E-state index in [9.17, 15) is 44.1 Å². The highest BCUT2D eigenvalue weighted by molar-refractivity contribution is 7.61. The van der Waals surface area contributed by atoms with E-state index in [-0.39, 0.29) is 22.8 Å². The van der Waals surface area contributed by atoms with Crippen LogP contribution in [0.4, 0.5) is 5.82 Å². The van der Waals surface area contributed by atoms with Crippen LogP contribution in [0.3, 0.4) is 0 Å². The first kappa shape index (κ1) is 32.7. The second-order valence-electron chi connectivity index (χ2n) is 10.0. The number of ketones is 1. The summed E-state index contributed by atoms with van der Waals surface area (Å²) in [5.41, 5.74) is 6.54. The fourth-order valence-electron chi connectivity index (χ4n) is 4.75. The van der Waals surface area contributed by atoms with Crippen molar-refractivity contribution in [2.24, 2.45) is 0 Å². The van der Waals surface area contributed by atoms with Gasteiger partial charge in [-0.25, -0.2) is 24.1 Å². The number of rotatable bonds is 11. The number of carbonyl (C=O) groups is 1. The third-order valence-electron chi connectivity index (χ3n) is 7.01. The molecule has 0 aromatic carbocycles. The van der Waals surface area contributed by atoms with E-state index in [1.54, 1.807) is 6.08 Å². The van der Waals surface area contributed by atoms with Gasteiger partial charge in [0.05, 0.1) is 19.5 Å². The molecule has 5 heterocycles. The second kappa shape index (κ2) is 12.6. The third-order valence-corrected chi connectivity index (χ3v) is 9.61. The van der Waals surface area contributed by atoms with Gasteiger partial charge in [0, 0.05) is 18.0 Å². The summed E-state index contributed by atoms with van der Waals surface area (Å²) in [5.74, 6) is -0.154. The molecule has 3 aliphatic heterocycles. The van der Waals surface area contributed by atoms with E-state index in [4.69, 9.17) is 24.3 Å². The highest BCUT2D eigenvalue weighted by atomic mass is 31.3. The van der Waals surface area contributed by atoms with Crippen molar-refractivity contribution in [2.75, 3.05) is 18.9 Å². The van der Waals surface area contributed by atoms with Crippen LogP contribution in [-0.2, 0) is 36.8 Å². The lowest BCUT2D eigenvalue weighted by Gasteiger charge is -2.28. The van der Waals surface area contributed by atoms with Gasteiger partial charge in [-0.1, -0.05) is 6.08 Å². The number of aliphatic hydroxyl groups excluding tert-OH is 4. The summed E-state index contributed by atoms with van der Waals surface area (Å²) in [4.78, 5) is 45.0. The van der Waals surface area contributed by atoms with E-state index >= 15 is 0 Å². The molecule has 44 heavy (non-hydrogen) atoms. The molecule has 2 aromatic rings. The largest absolute Gasteiger partial charge is 0.481 e. The van der Waals surface area contributed by atoms with Crippen LogP contribution in [0.5, 0.6) is 0 Å². The smallest absolute Gasteiger partial charge is 0.387 e. The van der Waals surface area contributed by atoms with Crippen molar-refractivity contribution in [1.29, 1.82) is 0 Å². The Balaban J connectivity index is 1.15. The van der Waals surface area contributed by atoms with E-state index in [2.05, 4.69) is 19.3 Å². The van der Waals surface area contributed by atoms with Crippen LogP contribution in [0.2, 0.25) is 0 Å². The molecule has 0 amide bonds. The Bertz CT molecular complexity index is 1550. The Morgan fingerprint density at radius 1 is 0.977 bits per heavy atom. The van der Waals surface area contributed by atoms with Crippen molar-refractivity contribution in [3.8, 4) is 0 Å². The first-order chi connectivity index (χ1) is 20.7. The van der Waals surface area contributed by atoms with Crippen LogP contribution in [0.15, 0.2) is 36.7 Å². The number of phosphoric ester groups is 2. The quantitative estimate of drug-likeness (QED) is 0.133. The monoisotopic (exact) mass is 664 g/mol. The Hall–Kier alpha value is -2.68. The molecule has 2 saturated heterocycles. The molecule has 0 spiro atoms. The minimum atomic E-state index is -5.35. The van der Waals surface area contributed by atoms with Crippen molar-refractivity contribution in [1.82, 2.24) is 24.4 Å². The normalized spacial score (nSPS) is 33.3. The maximum Gasteiger partial charge on any atom is 0.481 e. The summed E-state index contributed by atoms with van der Waals surface area (Å²) in [7, 11) is -10.7. The summed E-state index contributed by atoms with van der Waals surface area (Å²) >= 11 is 0. The molecular weight excluding hydrogens is 634 g/mol. The molecule has 0 aliphatic carbocycles. The summed E-state index contributed by atoms with van der Waals surface area (Å²) in [6.07, 6.45) is -4.30. The maximum atomic E-state index is 12.4. The average molecular weight is 664 g/mol. The van der Waals surface area contributed by atoms with Crippen LogP contribution < -0.4 is 5.73 Å². The van der Waals surface area contributed by atoms with Gasteiger partial charge < -0.3 is 50.3 Å².